The van der Waals surface area contributed by atoms with Gasteiger partial charge in [0.15, 0.2) is 45.9 Å². The van der Waals surface area contributed by atoms with Gasteiger partial charge in [-0.2, -0.15) is 0 Å². The first-order chi connectivity index (χ1) is 22.8. The van der Waals surface area contributed by atoms with Crippen molar-refractivity contribution in [2.45, 2.75) is 65.5 Å². The van der Waals surface area contributed by atoms with Crippen LogP contribution >= 0.6 is 0 Å². The Morgan fingerprint density at radius 3 is 1.12 bits per heavy atom. The van der Waals surface area contributed by atoms with Gasteiger partial charge in [-0.15, -0.1) is 0 Å². The zero-order valence-corrected chi connectivity index (χ0v) is 39.5. The van der Waals surface area contributed by atoms with E-state index in [-0.39, 0.29) is 0 Å². The fraction of sp³-hybridized carbons (Fsp3) is 0.294. The Morgan fingerprint density at radius 1 is 0.438 bits per heavy atom. The predicted molar refractivity (Wildman–Crippen MR) is 224 cm³/mol. The zero-order valence-electron chi connectivity index (χ0n) is 30.5. The van der Waals surface area contributed by atoms with Crippen molar-refractivity contribution in [3.63, 3.8) is 0 Å². The molecule has 0 unspecified atom stereocenters. The molecule has 0 aliphatic carbocycles. The van der Waals surface area contributed by atoms with E-state index in [1.807, 2.05) is 36.4 Å². The van der Waals surface area contributed by atoms with Crippen LogP contribution in [0.15, 0.2) is 121 Å². The van der Waals surface area contributed by atoms with Crippen LogP contribution < -0.4 is 20.7 Å². The maximum atomic E-state index is 7.17. The summed E-state index contributed by atoms with van der Waals surface area (Å²) in [6, 6.07) is 41.9. The van der Waals surface area contributed by atoms with Crippen LogP contribution in [-0.4, -0.2) is 71.9 Å². The largest absolute Gasteiger partial charge is 0.638 e. The molecule has 0 saturated carbocycles. The molecule has 260 valence electrons. The molecule has 0 aromatic heterocycles. The molecule has 48 heavy (non-hydrogen) atoms. The Morgan fingerprint density at radius 2 is 0.771 bits per heavy atom. The van der Waals surface area contributed by atoms with Crippen LogP contribution in [0.1, 0.15) is 0 Å². The van der Waals surface area contributed by atoms with E-state index in [1.54, 1.807) is 0 Å². The lowest BCUT2D eigenvalue weighted by molar-refractivity contribution is 0.149. The molecule has 0 spiro atoms. The highest BCUT2D eigenvalue weighted by molar-refractivity contribution is 7.00. The Balaban J connectivity index is 0.000000308. The monoisotopic (exact) mass is 784 g/mol. The van der Waals surface area contributed by atoms with Crippen LogP contribution in [0.2, 0.25) is 65.5 Å². The molecule has 0 bridgehead atoms. The van der Waals surface area contributed by atoms with Gasteiger partial charge in [0.1, 0.15) is 0 Å². The van der Waals surface area contributed by atoms with Gasteiger partial charge < -0.3 is 24.7 Å². The Kier molecular flexibility index (Phi) is 16.7. The Bertz CT molecular complexity index is 1380. The lowest BCUT2D eigenvalue weighted by Crippen LogP contribution is -2.72. The molecule has 0 aliphatic rings. The van der Waals surface area contributed by atoms with Gasteiger partial charge in [-0.25, -0.2) is 0 Å². The highest BCUT2D eigenvalue weighted by Gasteiger charge is 2.57. The first kappa shape index (κ1) is 40.8. The molecule has 0 heterocycles. The molecular weight excluding hydrogens is 729 g/mol. The quantitative estimate of drug-likeness (QED) is 0.159. The second-order valence-corrected chi connectivity index (χ2v) is 35.5. The minimum absolute atomic E-state index is 0.598. The number of hydrogen-bond donors (Lipinski definition) is 0. The zero-order chi connectivity index (χ0) is 35.2. The Labute approximate surface area is 302 Å². The minimum Gasteiger partial charge on any atom is -0.453 e. The van der Waals surface area contributed by atoms with Crippen molar-refractivity contribution in [1.82, 2.24) is 0 Å². The van der Waals surface area contributed by atoms with Crippen molar-refractivity contribution < 1.29 is 24.7 Å². The summed E-state index contributed by atoms with van der Waals surface area (Å²) in [5.74, 6) is 0. The van der Waals surface area contributed by atoms with Gasteiger partial charge in [0.25, 0.3) is 0 Å². The molecule has 6 nitrogen and oxygen atoms in total. The summed E-state index contributed by atoms with van der Waals surface area (Å²) in [6.07, 6.45) is 0. The number of hydrogen-bond acceptors (Lipinski definition) is 6. The maximum Gasteiger partial charge on any atom is 0.638 e. The summed E-state index contributed by atoms with van der Waals surface area (Å²) in [6.45, 7) is 21.8. The van der Waals surface area contributed by atoms with Crippen molar-refractivity contribution >= 4 is 92.6 Å². The van der Waals surface area contributed by atoms with Crippen molar-refractivity contribution in [2.75, 3.05) is 0 Å². The van der Waals surface area contributed by atoms with E-state index in [9.17, 15) is 0 Å². The van der Waals surface area contributed by atoms with Gasteiger partial charge in [0.2, 0.25) is 8.32 Å². The summed E-state index contributed by atoms with van der Waals surface area (Å²) < 4.78 is 40.1. The standard InChI is InChI=1S/C20H38O5Si6.C14H18OSi2/c1-26(2)21-30(19-15-11-9-12-16-19,20-17-13-10-14-18-20)25-31(22-27(3)4,23-28(5)6)24-29(7)8;1-17(2,14-11-7-4-8-12-14)15-16-13-9-5-3-6-10-13/h9-18,26-29H,1-8H3;3-12H,16H2,1-2H3. The highest BCUT2D eigenvalue weighted by Crippen LogP contribution is 2.24. The molecule has 14 heteroatoms. The summed E-state index contributed by atoms with van der Waals surface area (Å²) in [7, 11) is -14.9. The highest BCUT2D eigenvalue weighted by atomic mass is 28.5. The van der Waals surface area contributed by atoms with E-state index >= 15 is 0 Å². The summed E-state index contributed by atoms with van der Waals surface area (Å²) in [5, 5.41) is 4.89. The fourth-order valence-electron chi connectivity index (χ4n) is 5.05. The number of benzene rings is 4. The molecule has 0 amide bonds. The van der Waals surface area contributed by atoms with Crippen LogP contribution in [0, 0.1) is 0 Å². The molecule has 4 aromatic carbocycles. The molecule has 4 rings (SSSR count). The smallest absolute Gasteiger partial charge is 0.453 e. The average Bonchev–Trinajstić information content (AvgIpc) is 3.04. The maximum absolute atomic E-state index is 7.17. The fourth-order valence-corrected chi connectivity index (χ4v) is 28.6. The van der Waals surface area contributed by atoms with Gasteiger partial charge in [-0.3, -0.25) is 0 Å². The van der Waals surface area contributed by atoms with Gasteiger partial charge in [-0.1, -0.05) is 121 Å². The summed E-state index contributed by atoms with van der Waals surface area (Å²) in [5.41, 5.74) is 0. The van der Waals surface area contributed by atoms with Crippen LogP contribution in [-0.2, 0) is 24.7 Å². The molecule has 0 saturated heterocycles. The van der Waals surface area contributed by atoms with Gasteiger partial charge >= 0.3 is 17.6 Å². The van der Waals surface area contributed by atoms with Crippen LogP contribution in [0.4, 0.5) is 0 Å². The molecule has 0 radical (unpaired) electrons. The first-order valence-corrected chi connectivity index (χ1v) is 35.8. The van der Waals surface area contributed by atoms with Crippen molar-refractivity contribution in [3.05, 3.63) is 121 Å². The van der Waals surface area contributed by atoms with Crippen molar-refractivity contribution in [1.29, 1.82) is 0 Å². The normalized spacial score (nSPS) is 12.7. The second kappa shape index (κ2) is 19.7. The minimum atomic E-state index is -3.41. The lowest BCUT2D eigenvalue weighted by Gasteiger charge is -2.42. The molecule has 4 aromatic rings. The first-order valence-electron chi connectivity index (χ1n) is 17.0. The van der Waals surface area contributed by atoms with Crippen molar-refractivity contribution in [2.24, 2.45) is 0 Å². The average molecular weight is 786 g/mol. The van der Waals surface area contributed by atoms with E-state index in [2.05, 4.69) is 150 Å². The third-order valence-corrected chi connectivity index (χ3v) is 29.7. The third-order valence-electron chi connectivity index (χ3n) is 7.03. The predicted octanol–water partition coefficient (Wildman–Crippen LogP) is 4.22. The van der Waals surface area contributed by atoms with E-state index in [1.165, 1.54) is 10.4 Å². The molecule has 0 fully saturated rings. The molecule has 0 atom stereocenters. The van der Waals surface area contributed by atoms with E-state index in [0.29, 0.717) is 0 Å². The second-order valence-electron chi connectivity index (χ2n) is 13.3. The molecular formula is C34H56O6Si8. The van der Waals surface area contributed by atoms with E-state index < -0.39 is 71.9 Å². The topological polar surface area (TPSA) is 55.4 Å². The summed E-state index contributed by atoms with van der Waals surface area (Å²) >= 11 is 0. The van der Waals surface area contributed by atoms with E-state index in [4.69, 9.17) is 24.7 Å². The third kappa shape index (κ3) is 12.9. The number of rotatable bonds is 16. The van der Waals surface area contributed by atoms with Crippen LogP contribution in [0.3, 0.4) is 0 Å². The van der Waals surface area contributed by atoms with Gasteiger partial charge in [0.05, 0.1) is 0 Å². The molecule has 0 aliphatic heterocycles. The lowest BCUT2D eigenvalue weighted by atomic mass is 10.4. The molecule has 0 N–H and O–H groups in total. The summed E-state index contributed by atoms with van der Waals surface area (Å²) in [4.78, 5) is 0. The van der Waals surface area contributed by atoms with Gasteiger partial charge in [0, 0.05) is 0 Å². The SMILES string of the molecule is C[SiH](C)O[Si](O[SiH](C)C)(O[SiH](C)C)O[Si](O[SiH](C)C)(c1ccccc1)c1ccccc1.C[Si](C)(O[SiH2]c1ccccc1)c1ccccc1. The Hall–Kier alpha value is -1.62. The van der Waals surface area contributed by atoms with Gasteiger partial charge in [-0.05, 0) is 86.2 Å². The van der Waals surface area contributed by atoms with E-state index in [0.717, 1.165) is 10.4 Å². The van der Waals surface area contributed by atoms with Crippen LogP contribution in [0.5, 0.6) is 0 Å². The van der Waals surface area contributed by atoms with Crippen molar-refractivity contribution in [3.8, 4) is 0 Å². The van der Waals surface area contributed by atoms with Crippen LogP contribution in [0.25, 0.3) is 0 Å².